The molecule has 106 valence electrons. The highest BCUT2D eigenvalue weighted by molar-refractivity contribution is 5.75. The lowest BCUT2D eigenvalue weighted by atomic mass is 10.1. The summed E-state index contributed by atoms with van der Waals surface area (Å²) in [5.41, 5.74) is 0.622. The lowest BCUT2D eigenvalue weighted by Gasteiger charge is -2.15. The minimum Gasteiger partial charge on any atom is -0.393 e. The Morgan fingerprint density at radius 2 is 1.95 bits per heavy atom. The van der Waals surface area contributed by atoms with Gasteiger partial charge in [-0.05, 0) is 12.8 Å². The third-order valence-corrected chi connectivity index (χ3v) is 3.75. The number of hydrogen-bond acceptors (Lipinski definition) is 4. The first-order valence-electron chi connectivity index (χ1n) is 6.67. The first-order valence-corrected chi connectivity index (χ1v) is 6.67. The van der Waals surface area contributed by atoms with Crippen LogP contribution >= 0.6 is 0 Å². The molecule has 20 heavy (non-hydrogen) atoms. The SMILES string of the molecule is OC1CCCC1CNc1cnc2cc(F)c(F)cc2n1. The van der Waals surface area contributed by atoms with Crippen molar-refractivity contribution in [3.63, 3.8) is 0 Å². The first-order chi connectivity index (χ1) is 9.63. The molecule has 2 unspecified atom stereocenters. The summed E-state index contributed by atoms with van der Waals surface area (Å²) in [6, 6.07) is 2.06. The zero-order chi connectivity index (χ0) is 14.1. The molecular formula is C14H15F2N3O. The van der Waals surface area contributed by atoms with E-state index in [1.54, 1.807) is 0 Å². The quantitative estimate of drug-likeness (QED) is 0.906. The first kappa shape index (κ1) is 13.2. The van der Waals surface area contributed by atoms with Crippen LogP contribution in [0.4, 0.5) is 14.6 Å². The Morgan fingerprint density at radius 3 is 2.65 bits per heavy atom. The molecule has 0 aliphatic heterocycles. The van der Waals surface area contributed by atoms with Crippen molar-refractivity contribution in [2.45, 2.75) is 25.4 Å². The van der Waals surface area contributed by atoms with Crippen LogP contribution < -0.4 is 5.32 Å². The molecule has 1 aromatic carbocycles. The monoisotopic (exact) mass is 279 g/mol. The van der Waals surface area contributed by atoms with Crippen molar-refractivity contribution < 1.29 is 13.9 Å². The molecule has 0 saturated heterocycles. The van der Waals surface area contributed by atoms with E-state index >= 15 is 0 Å². The van der Waals surface area contributed by atoms with Crippen molar-refractivity contribution in [1.29, 1.82) is 0 Å². The van der Waals surface area contributed by atoms with E-state index in [1.165, 1.54) is 6.20 Å². The maximum atomic E-state index is 13.2. The number of aromatic nitrogens is 2. The summed E-state index contributed by atoms with van der Waals surface area (Å²) < 4.78 is 26.2. The van der Waals surface area contributed by atoms with Gasteiger partial charge in [0.1, 0.15) is 5.82 Å². The molecule has 1 aliphatic carbocycles. The molecule has 1 fully saturated rings. The Morgan fingerprint density at radius 1 is 1.20 bits per heavy atom. The van der Waals surface area contributed by atoms with Gasteiger partial charge < -0.3 is 10.4 Å². The van der Waals surface area contributed by atoms with Gasteiger partial charge in [0.2, 0.25) is 0 Å². The Kier molecular flexibility index (Phi) is 3.48. The van der Waals surface area contributed by atoms with E-state index in [0.717, 1.165) is 31.4 Å². The zero-order valence-corrected chi connectivity index (χ0v) is 10.8. The normalized spacial score (nSPS) is 22.4. The van der Waals surface area contributed by atoms with Crippen LogP contribution in [-0.4, -0.2) is 27.7 Å². The van der Waals surface area contributed by atoms with E-state index in [9.17, 15) is 13.9 Å². The van der Waals surface area contributed by atoms with E-state index in [2.05, 4.69) is 15.3 Å². The molecule has 2 atom stereocenters. The topological polar surface area (TPSA) is 58.0 Å². The van der Waals surface area contributed by atoms with E-state index < -0.39 is 11.6 Å². The van der Waals surface area contributed by atoms with E-state index in [0.29, 0.717) is 23.4 Å². The van der Waals surface area contributed by atoms with Crippen molar-refractivity contribution in [3.05, 3.63) is 30.0 Å². The second-order valence-electron chi connectivity index (χ2n) is 5.15. The minimum absolute atomic E-state index is 0.206. The summed E-state index contributed by atoms with van der Waals surface area (Å²) in [5, 5.41) is 12.8. The molecule has 0 bridgehead atoms. The van der Waals surface area contributed by atoms with Crippen LogP contribution in [0, 0.1) is 17.6 Å². The average molecular weight is 279 g/mol. The van der Waals surface area contributed by atoms with E-state index in [-0.39, 0.29) is 12.0 Å². The molecule has 6 heteroatoms. The second kappa shape index (κ2) is 5.28. The van der Waals surface area contributed by atoms with Gasteiger partial charge in [0, 0.05) is 24.6 Å². The number of nitrogens with one attached hydrogen (secondary N) is 1. The highest BCUT2D eigenvalue weighted by atomic mass is 19.2. The number of benzene rings is 1. The minimum atomic E-state index is -0.935. The number of anilines is 1. The van der Waals surface area contributed by atoms with Crippen molar-refractivity contribution >= 4 is 16.9 Å². The van der Waals surface area contributed by atoms with Crippen molar-refractivity contribution in [1.82, 2.24) is 9.97 Å². The van der Waals surface area contributed by atoms with Gasteiger partial charge in [-0.15, -0.1) is 0 Å². The number of nitrogens with zero attached hydrogens (tertiary/aromatic N) is 2. The third kappa shape index (κ3) is 2.56. The van der Waals surface area contributed by atoms with Crippen LogP contribution in [0.25, 0.3) is 11.0 Å². The summed E-state index contributed by atoms with van der Waals surface area (Å²) in [7, 11) is 0. The van der Waals surface area contributed by atoms with Gasteiger partial charge in [-0.3, -0.25) is 4.98 Å². The van der Waals surface area contributed by atoms with Gasteiger partial charge in [-0.1, -0.05) is 6.42 Å². The summed E-state index contributed by atoms with van der Waals surface area (Å²) in [5.74, 6) is -1.16. The van der Waals surface area contributed by atoms with Crippen LogP contribution in [0.2, 0.25) is 0 Å². The number of fused-ring (bicyclic) bond motifs is 1. The maximum Gasteiger partial charge on any atom is 0.161 e. The van der Waals surface area contributed by atoms with Gasteiger partial charge in [0.05, 0.1) is 23.3 Å². The predicted molar refractivity (Wildman–Crippen MR) is 71.3 cm³/mol. The Hall–Kier alpha value is -1.82. The molecule has 2 N–H and O–H groups in total. The van der Waals surface area contributed by atoms with Gasteiger partial charge in [0.25, 0.3) is 0 Å². The van der Waals surface area contributed by atoms with Gasteiger partial charge in [-0.25, -0.2) is 13.8 Å². The smallest absolute Gasteiger partial charge is 0.161 e. The predicted octanol–water partition coefficient (Wildman–Crippen LogP) is 2.48. The van der Waals surface area contributed by atoms with Crippen molar-refractivity contribution in [3.8, 4) is 0 Å². The summed E-state index contributed by atoms with van der Waals surface area (Å²) in [4.78, 5) is 8.25. The molecule has 3 rings (SSSR count). The Bertz CT molecular complexity index is 635. The van der Waals surface area contributed by atoms with Crippen molar-refractivity contribution in [2.24, 2.45) is 5.92 Å². The lowest BCUT2D eigenvalue weighted by Crippen LogP contribution is -2.22. The molecule has 0 amide bonds. The maximum absolute atomic E-state index is 13.2. The standard InChI is InChI=1S/C14H15F2N3O/c15-9-4-11-12(5-10(9)16)19-14(7-17-11)18-6-8-2-1-3-13(8)20/h4-5,7-8,13,20H,1-3,6H2,(H,18,19). The van der Waals surface area contributed by atoms with Gasteiger partial charge in [-0.2, -0.15) is 0 Å². The lowest BCUT2D eigenvalue weighted by molar-refractivity contribution is 0.138. The Balaban J connectivity index is 1.77. The van der Waals surface area contributed by atoms with E-state index in [1.807, 2.05) is 0 Å². The summed E-state index contributed by atoms with van der Waals surface area (Å²) in [6.07, 6.45) is 4.06. The molecule has 2 aromatic rings. The molecule has 1 aliphatic rings. The molecule has 1 heterocycles. The van der Waals surface area contributed by atoms with Crippen LogP contribution in [0.15, 0.2) is 18.3 Å². The van der Waals surface area contributed by atoms with Crippen LogP contribution in [0.1, 0.15) is 19.3 Å². The van der Waals surface area contributed by atoms with Crippen LogP contribution in [-0.2, 0) is 0 Å². The number of aliphatic hydroxyl groups is 1. The molecular weight excluding hydrogens is 264 g/mol. The average Bonchev–Trinajstić information content (AvgIpc) is 2.83. The molecule has 1 aromatic heterocycles. The molecule has 0 radical (unpaired) electrons. The highest BCUT2D eigenvalue weighted by Crippen LogP contribution is 2.25. The fourth-order valence-electron chi connectivity index (χ4n) is 2.58. The fraction of sp³-hybridized carbons (Fsp3) is 0.429. The van der Waals surface area contributed by atoms with Crippen LogP contribution in [0.5, 0.6) is 0 Å². The van der Waals surface area contributed by atoms with Gasteiger partial charge in [0.15, 0.2) is 11.6 Å². The van der Waals surface area contributed by atoms with Gasteiger partial charge >= 0.3 is 0 Å². The number of hydrogen-bond donors (Lipinski definition) is 2. The number of rotatable bonds is 3. The summed E-state index contributed by atoms with van der Waals surface area (Å²) >= 11 is 0. The zero-order valence-electron chi connectivity index (χ0n) is 10.8. The molecule has 4 nitrogen and oxygen atoms in total. The number of halogens is 2. The second-order valence-corrected chi connectivity index (χ2v) is 5.15. The Labute approximate surface area is 114 Å². The molecule has 0 spiro atoms. The van der Waals surface area contributed by atoms with Crippen molar-refractivity contribution in [2.75, 3.05) is 11.9 Å². The van der Waals surface area contributed by atoms with E-state index in [4.69, 9.17) is 0 Å². The third-order valence-electron chi connectivity index (χ3n) is 3.75. The highest BCUT2D eigenvalue weighted by Gasteiger charge is 2.24. The largest absolute Gasteiger partial charge is 0.393 e. The number of aliphatic hydroxyl groups excluding tert-OH is 1. The summed E-state index contributed by atoms with van der Waals surface area (Å²) in [6.45, 7) is 0.602. The van der Waals surface area contributed by atoms with Crippen LogP contribution in [0.3, 0.4) is 0 Å². The fourth-order valence-corrected chi connectivity index (χ4v) is 2.58. The molecule has 1 saturated carbocycles.